The summed E-state index contributed by atoms with van der Waals surface area (Å²) in [4.78, 5) is 10.3. The molecule has 58 heavy (non-hydrogen) atoms. The lowest BCUT2D eigenvalue weighted by Gasteiger charge is -2.13. The number of fused-ring (bicyclic) bond motifs is 5. The zero-order valence-electron chi connectivity index (χ0n) is 31.9. The molecule has 10 rings (SSSR count). The molecule has 1 aromatic heterocycles. The lowest BCUT2D eigenvalue weighted by molar-refractivity contribution is 1.40. The van der Waals surface area contributed by atoms with Crippen LogP contribution in [0.15, 0.2) is 224 Å². The zero-order valence-corrected chi connectivity index (χ0v) is 31.9. The number of benzene rings is 9. The molecule has 1 heterocycles. The van der Waals surface area contributed by atoms with Crippen molar-refractivity contribution in [2.45, 2.75) is 0 Å². The Morgan fingerprint density at radius 1 is 0.448 bits per heavy atom. The van der Waals surface area contributed by atoms with Crippen LogP contribution in [0.4, 0.5) is 0 Å². The van der Waals surface area contributed by atoms with Crippen molar-refractivity contribution in [1.29, 1.82) is 0 Å². The third-order valence-electron chi connectivity index (χ3n) is 11.0. The van der Waals surface area contributed by atoms with E-state index in [9.17, 15) is 0 Å². The van der Waals surface area contributed by atoms with Crippen molar-refractivity contribution >= 4 is 60.7 Å². The lowest BCUT2D eigenvalue weighted by atomic mass is 9.94. The van der Waals surface area contributed by atoms with Crippen LogP contribution in [0.1, 0.15) is 16.7 Å². The summed E-state index contributed by atoms with van der Waals surface area (Å²) in [6.07, 6.45) is 4.23. The monoisotopic (exact) mass is 738 g/mol. The van der Waals surface area contributed by atoms with E-state index >= 15 is 0 Å². The van der Waals surface area contributed by atoms with Crippen LogP contribution in [0.2, 0.25) is 0 Å². The molecular formula is C56H38N2. The number of nitrogens with zero attached hydrogens (tertiary/aromatic N) is 2. The van der Waals surface area contributed by atoms with Crippen molar-refractivity contribution in [3.05, 3.63) is 236 Å². The number of aliphatic imine (C=N–C) groups is 1. The largest absolute Gasteiger partial charge is 0.248 e. The van der Waals surface area contributed by atoms with Gasteiger partial charge in [-0.1, -0.05) is 195 Å². The van der Waals surface area contributed by atoms with Gasteiger partial charge in [-0.25, -0.2) is 9.98 Å². The summed E-state index contributed by atoms with van der Waals surface area (Å²) >= 11 is 0. The Bertz CT molecular complexity index is 3210. The number of pyridine rings is 1. The second kappa shape index (κ2) is 15.1. The normalized spacial score (nSPS) is 11.9. The maximum atomic E-state index is 5.19. The number of aromatic nitrogens is 1. The van der Waals surface area contributed by atoms with Crippen molar-refractivity contribution in [2.75, 3.05) is 0 Å². The molecule has 0 unspecified atom stereocenters. The number of allylic oxidation sites excluding steroid dienone is 1. The quantitative estimate of drug-likeness (QED) is 0.113. The van der Waals surface area contributed by atoms with Gasteiger partial charge in [0.15, 0.2) is 0 Å². The Hall–Kier alpha value is -7.68. The summed E-state index contributed by atoms with van der Waals surface area (Å²) in [7, 11) is 0. The van der Waals surface area contributed by atoms with Crippen LogP contribution in [0.5, 0.6) is 0 Å². The Kier molecular flexibility index (Phi) is 9.06. The van der Waals surface area contributed by atoms with E-state index in [1.165, 1.54) is 48.8 Å². The molecule has 0 aliphatic rings. The number of hydrogen-bond acceptors (Lipinski definition) is 2. The first-order chi connectivity index (χ1) is 28.6. The molecule has 0 saturated carbocycles. The van der Waals surface area contributed by atoms with Crippen LogP contribution in [0.25, 0.3) is 88.5 Å². The molecular weight excluding hydrogens is 701 g/mol. The second-order valence-corrected chi connectivity index (χ2v) is 14.7. The summed E-state index contributed by atoms with van der Waals surface area (Å²) in [5.74, 6) is 0. The molecule has 0 saturated heterocycles. The highest BCUT2D eigenvalue weighted by Gasteiger charge is 2.13. The molecule has 0 spiro atoms. The van der Waals surface area contributed by atoms with Gasteiger partial charge in [-0.3, -0.25) is 0 Å². The van der Waals surface area contributed by atoms with E-state index in [1.54, 1.807) is 0 Å². The minimum Gasteiger partial charge on any atom is -0.248 e. The maximum Gasteiger partial charge on any atom is 0.0722 e. The standard InChI is InChI=1S/C56H38N2/c1-38(47-30-26-40-11-5-7-16-48(40)35-47)57-53(50-31-27-41-12-6-8-17-49(41)36-50)33-21-39-19-22-42(23-20-39)43-24-28-46(29-25-43)55-37-52(44-13-3-2-4-14-44)56-51-18-10-9-15-45(51)32-34-54(56)58-55/h2-37H,1H2/b33-21+,57-53+. The van der Waals surface area contributed by atoms with Gasteiger partial charge in [-0.2, -0.15) is 0 Å². The first kappa shape index (κ1) is 34.8. The van der Waals surface area contributed by atoms with Gasteiger partial charge < -0.3 is 0 Å². The SMILES string of the molecule is C=C(/N=C(\C=C\c1ccc(-c2ccc(-c3cc(-c4ccccc4)c4c(ccc5ccccc54)n3)cc2)cc1)c1ccc2ccccc2c1)c1ccc2ccccc2c1. The Morgan fingerprint density at radius 3 is 1.71 bits per heavy atom. The van der Waals surface area contributed by atoms with Gasteiger partial charge in [0, 0.05) is 22.1 Å². The Morgan fingerprint density at radius 2 is 1.00 bits per heavy atom. The highest BCUT2D eigenvalue weighted by molar-refractivity contribution is 6.15. The van der Waals surface area contributed by atoms with Crippen LogP contribution in [-0.2, 0) is 0 Å². The minimum absolute atomic E-state index is 0.723. The fourth-order valence-corrected chi connectivity index (χ4v) is 7.92. The van der Waals surface area contributed by atoms with E-state index < -0.39 is 0 Å². The van der Waals surface area contributed by atoms with Gasteiger partial charge in [0.05, 0.1) is 22.6 Å². The summed E-state index contributed by atoms with van der Waals surface area (Å²) < 4.78 is 0. The second-order valence-electron chi connectivity index (χ2n) is 14.7. The highest BCUT2D eigenvalue weighted by Crippen LogP contribution is 2.37. The average Bonchev–Trinajstić information content (AvgIpc) is 3.30. The van der Waals surface area contributed by atoms with E-state index in [1.807, 2.05) is 0 Å². The molecule has 0 atom stereocenters. The predicted molar refractivity (Wildman–Crippen MR) is 248 cm³/mol. The van der Waals surface area contributed by atoms with Gasteiger partial charge in [0.1, 0.15) is 0 Å². The van der Waals surface area contributed by atoms with E-state index in [4.69, 9.17) is 9.98 Å². The minimum atomic E-state index is 0.723. The highest BCUT2D eigenvalue weighted by atomic mass is 14.8. The molecule has 0 N–H and O–H groups in total. The zero-order chi connectivity index (χ0) is 38.8. The van der Waals surface area contributed by atoms with Crippen LogP contribution >= 0.6 is 0 Å². The Labute approximate surface area is 338 Å². The fraction of sp³-hybridized carbons (Fsp3) is 0. The van der Waals surface area contributed by atoms with Crippen LogP contribution < -0.4 is 0 Å². The van der Waals surface area contributed by atoms with E-state index in [0.29, 0.717) is 0 Å². The van der Waals surface area contributed by atoms with Crippen LogP contribution in [0.3, 0.4) is 0 Å². The number of hydrogen-bond donors (Lipinski definition) is 0. The topological polar surface area (TPSA) is 25.2 Å². The molecule has 0 fully saturated rings. The molecule has 0 amide bonds. The van der Waals surface area contributed by atoms with Gasteiger partial charge in [0.25, 0.3) is 0 Å². The van der Waals surface area contributed by atoms with Gasteiger partial charge >= 0.3 is 0 Å². The van der Waals surface area contributed by atoms with E-state index in [-0.39, 0.29) is 0 Å². The van der Waals surface area contributed by atoms with Crippen molar-refractivity contribution in [3.8, 4) is 33.5 Å². The smallest absolute Gasteiger partial charge is 0.0722 e. The van der Waals surface area contributed by atoms with Crippen LogP contribution in [0, 0.1) is 0 Å². The molecule has 10 aromatic rings. The summed E-state index contributed by atoms with van der Waals surface area (Å²) in [5.41, 5.74) is 12.4. The van der Waals surface area contributed by atoms with Crippen molar-refractivity contribution < 1.29 is 0 Å². The van der Waals surface area contributed by atoms with Crippen molar-refractivity contribution in [2.24, 2.45) is 4.99 Å². The third-order valence-corrected chi connectivity index (χ3v) is 11.0. The van der Waals surface area contributed by atoms with Crippen molar-refractivity contribution in [3.63, 3.8) is 0 Å². The van der Waals surface area contributed by atoms with Gasteiger partial charge in [-0.15, -0.1) is 0 Å². The van der Waals surface area contributed by atoms with E-state index in [2.05, 4.69) is 225 Å². The summed E-state index contributed by atoms with van der Waals surface area (Å²) in [5, 5.41) is 8.37. The molecule has 0 aliphatic heterocycles. The summed E-state index contributed by atoms with van der Waals surface area (Å²) in [6.45, 7) is 4.40. The molecule has 9 aromatic carbocycles. The molecule has 0 bridgehead atoms. The third kappa shape index (κ3) is 6.89. The van der Waals surface area contributed by atoms with E-state index in [0.717, 1.165) is 56.0 Å². The molecule has 2 heteroatoms. The molecule has 272 valence electrons. The lowest BCUT2D eigenvalue weighted by Crippen LogP contribution is -1.98. The summed E-state index contributed by atoms with van der Waals surface area (Å²) in [6, 6.07) is 72.9. The first-order valence-electron chi connectivity index (χ1n) is 19.7. The van der Waals surface area contributed by atoms with Crippen molar-refractivity contribution in [1.82, 2.24) is 4.98 Å². The molecule has 2 nitrogen and oxygen atoms in total. The maximum absolute atomic E-state index is 5.19. The fourth-order valence-electron chi connectivity index (χ4n) is 7.92. The molecule has 0 aliphatic carbocycles. The predicted octanol–water partition coefficient (Wildman–Crippen LogP) is 14.9. The average molecular weight is 739 g/mol. The van der Waals surface area contributed by atoms with Gasteiger partial charge in [0.2, 0.25) is 0 Å². The van der Waals surface area contributed by atoms with Crippen LogP contribution in [-0.4, -0.2) is 10.7 Å². The van der Waals surface area contributed by atoms with Gasteiger partial charge in [-0.05, 0) is 90.5 Å². The Balaban J connectivity index is 0.942. The number of rotatable bonds is 8. The molecule has 0 radical (unpaired) electrons. The first-order valence-corrected chi connectivity index (χ1v) is 19.7.